The van der Waals surface area contributed by atoms with Crippen LogP contribution in [-0.4, -0.2) is 31.4 Å². The van der Waals surface area contributed by atoms with E-state index in [4.69, 9.17) is 4.74 Å². The van der Waals surface area contributed by atoms with E-state index in [-0.39, 0.29) is 17.6 Å². The number of hydrogen-bond acceptors (Lipinski definition) is 3. The minimum atomic E-state index is -0.0485. The van der Waals surface area contributed by atoms with Gasteiger partial charge >= 0.3 is 0 Å². The summed E-state index contributed by atoms with van der Waals surface area (Å²) in [5.41, 5.74) is 0. The third-order valence-corrected chi connectivity index (χ3v) is 2.16. The molecule has 0 saturated carbocycles. The summed E-state index contributed by atoms with van der Waals surface area (Å²) >= 11 is 0. The Labute approximate surface area is 97.7 Å². The molecule has 94 valence electrons. The van der Waals surface area contributed by atoms with Gasteiger partial charge in [-0.15, -0.1) is 0 Å². The minimum Gasteiger partial charge on any atom is -0.381 e. The molecule has 0 aliphatic rings. The lowest BCUT2D eigenvalue weighted by Crippen LogP contribution is -2.27. The molecule has 0 aliphatic heterocycles. The summed E-state index contributed by atoms with van der Waals surface area (Å²) in [6, 6.07) is 0. The van der Waals surface area contributed by atoms with Crippen LogP contribution in [0.2, 0.25) is 0 Å². The molecule has 0 saturated heterocycles. The third kappa shape index (κ3) is 8.41. The van der Waals surface area contributed by atoms with Gasteiger partial charge in [0.25, 0.3) is 0 Å². The van der Waals surface area contributed by atoms with Crippen molar-refractivity contribution in [3.63, 3.8) is 0 Å². The molecule has 4 heteroatoms. The number of carbonyl (C=O) groups is 2. The van der Waals surface area contributed by atoms with Crippen LogP contribution in [0.15, 0.2) is 0 Å². The number of rotatable bonds is 9. The van der Waals surface area contributed by atoms with E-state index in [9.17, 15) is 9.59 Å². The van der Waals surface area contributed by atoms with Crippen molar-refractivity contribution >= 4 is 11.7 Å². The average molecular weight is 229 g/mol. The SMILES string of the molecule is CCCOCCC(=O)NCCC(=O)C(C)C. The molecule has 0 fully saturated rings. The van der Waals surface area contributed by atoms with Crippen molar-refractivity contribution in [2.24, 2.45) is 5.92 Å². The van der Waals surface area contributed by atoms with Gasteiger partial charge in [0.2, 0.25) is 5.91 Å². The van der Waals surface area contributed by atoms with Crippen LogP contribution in [0.1, 0.15) is 40.0 Å². The summed E-state index contributed by atoms with van der Waals surface area (Å²) in [6.07, 6.45) is 1.75. The summed E-state index contributed by atoms with van der Waals surface area (Å²) in [5.74, 6) is 0.181. The Bertz CT molecular complexity index is 214. The molecule has 0 heterocycles. The van der Waals surface area contributed by atoms with Gasteiger partial charge in [-0.3, -0.25) is 9.59 Å². The zero-order valence-corrected chi connectivity index (χ0v) is 10.5. The van der Waals surface area contributed by atoms with Crippen LogP contribution in [0.5, 0.6) is 0 Å². The lowest BCUT2D eigenvalue weighted by molar-refractivity contribution is -0.123. The van der Waals surface area contributed by atoms with Gasteiger partial charge in [0.1, 0.15) is 5.78 Å². The van der Waals surface area contributed by atoms with Gasteiger partial charge in [-0.25, -0.2) is 0 Å². The van der Waals surface area contributed by atoms with E-state index in [0.29, 0.717) is 32.6 Å². The molecular formula is C12H23NO3. The molecule has 0 atom stereocenters. The van der Waals surface area contributed by atoms with Gasteiger partial charge in [-0.05, 0) is 6.42 Å². The number of hydrogen-bond donors (Lipinski definition) is 1. The van der Waals surface area contributed by atoms with Gasteiger partial charge in [-0.2, -0.15) is 0 Å². The number of carbonyl (C=O) groups excluding carboxylic acids is 2. The van der Waals surface area contributed by atoms with Crippen LogP contribution >= 0.6 is 0 Å². The first-order valence-corrected chi connectivity index (χ1v) is 5.95. The molecule has 0 radical (unpaired) electrons. The summed E-state index contributed by atoms with van der Waals surface area (Å²) in [5, 5.41) is 2.71. The van der Waals surface area contributed by atoms with Gasteiger partial charge in [0, 0.05) is 31.9 Å². The van der Waals surface area contributed by atoms with E-state index in [2.05, 4.69) is 5.32 Å². The van der Waals surface area contributed by atoms with Crippen molar-refractivity contribution in [1.82, 2.24) is 5.32 Å². The standard InChI is InChI=1S/C12H23NO3/c1-4-8-16-9-6-12(15)13-7-5-11(14)10(2)3/h10H,4-9H2,1-3H3,(H,13,15). The number of Topliss-reactive ketones (excluding diaryl/α,β-unsaturated/α-hetero) is 1. The zero-order valence-electron chi connectivity index (χ0n) is 10.5. The van der Waals surface area contributed by atoms with Crippen LogP contribution in [0, 0.1) is 5.92 Å². The average Bonchev–Trinajstić information content (AvgIpc) is 2.24. The molecule has 0 aromatic heterocycles. The van der Waals surface area contributed by atoms with Crippen molar-refractivity contribution < 1.29 is 14.3 Å². The van der Waals surface area contributed by atoms with E-state index in [1.54, 1.807) is 0 Å². The fourth-order valence-electron chi connectivity index (χ4n) is 1.11. The second kappa shape index (κ2) is 9.33. The normalized spacial score (nSPS) is 10.5. The first-order valence-electron chi connectivity index (χ1n) is 5.95. The van der Waals surface area contributed by atoms with Crippen molar-refractivity contribution in [3.05, 3.63) is 0 Å². The summed E-state index contributed by atoms with van der Waals surface area (Å²) in [4.78, 5) is 22.5. The molecule has 0 bridgehead atoms. The number of nitrogens with one attached hydrogen (secondary N) is 1. The van der Waals surface area contributed by atoms with Gasteiger partial charge in [0.15, 0.2) is 0 Å². The maximum Gasteiger partial charge on any atom is 0.222 e. The zero-order chi connectivity index (χ0) is 12.4. The lowest BCUT2D eigenvalue weighted by Gasteiger charge is -2.06. The maximum atomic E-state index is 11.3. The molecular weight excluding hydrogens is 206 g/mol. The highest BCUT2D eigenvalue weighted by Gasteiger charge is 2.07. The van der Waals surface area contributed by atoms with Crippen LogP contribution < -0.4 is 5.32 Å². The Morgan fingerprint density at radius 1 is 1.19 bits per heavy atom. The predicted molar refractivity (Wildman–Crippen MR) is 63.2 cm³/mol. The van der Waals surface area contributed by atoms with Crippen LogP contribution in [0.3, 0.4) is 0 Å². The van der Waals surface area contributed by atoms with Gasteiger partial charge < -0.3 is 10.1 Å². The maximum absolute atomic E-state index is 11.3. The Hall–Kier alpha value is -0.900. The van der Waals surface area contributed by atoms with E-state index in [1.165, 1.54) is 0 Å². The monoisotopic (exact) mass is 229 g/mol. The Kier molecular flexibility index (Phi) is 8.81. The topological polar surface area (TPSA) is 55.4 Å². The molecule has 16 heavy (non-hydrogen) atoms. The molecule has 0 aromatic rings. The quantitative estimate of drug-likeness (QED) is 0.610. The van der Waals surface area contributed by atoms with E-state index >= 15 is 0 Å². The predicted octanol–water partition coefficient (Wildman–Crippen LogP) is 1.53. The van der Waals surface area contributed by atoms with Crippen LogP contribution in [0.4, 0.5) is 0 Å². The van der Waals surface area contributed by atoms with E-state index in [1.807, 2.05) is 20.8 Å². The summed E-state index contributed by atoms with van der Waals surface area (Å²) in [7, 11) is 0. The van der Waals surface area contributed by atoms with Crippen molar-refractivity contribution in [2.75, 3.05) is 19.8 Å². The highest BCUT2D eigenvalue weighted by atomic mass is 16.5. The molecule has 1 amide bonds. The Morgan fingerprint density at radius 2 is 1.88 bits per heavy atom. The first kappa shape index (κ1) is 15.1. The molecule has 4 nitrogen and oxygen atoms in total. The van der Waals surface area contributed by atoms with E-state index < -0.39 is 0 Å². The second-order valence-electron chi connectivity index (χ2n) is 4.08. The minimum absolute atomic E-state index is 0.0461. The number of ether oxygens (including phenoxy) is 1. The number of amides is 1. The highest BCUT2D eigenvalue weighted by Crippen LogP contribution is 1.97. The van der Waals surface area contributed by atoms with Gasteiger partial charge in [-0.1, -0.05) is 20.8 Å². The van der Waals surface area contributed by atoms with Crippen molar-refractivity contribution in [2.45, 2.75) is 40.0 Å². The lowest BCUT2D eigenvalue weighted by atomic mass is 10.1. The van der Waals surface area contributed by atoms with Crippen LogP contribution in [-0.2, 0) is 14.3 Å². The molecule has 0 spiro atoms. The Balaban J connectivity index is 3.40. The summed E-state index contributed by atoms with van der Waals surface area (Å²) < 4.78 is 5.19. The third-order valence-electron chi connectivity index (χ3n) is 2.16. The molecule has 0 aliphatic carbocycles. The molecule has 0 aromatic carbocycles. The Morgan fingerprint density at radius 3 is 2.44 bits per heavy atom. The van der Waals surface area contributed by atoms with Gasteiger partial charge in [0.05, 0.1) is 6.61 Å². The molecule has 0 unspecified atom stereocenters. The first-order chi connectivity index (χ1) is 7.57. The van der Waals surface area contributed by atoms with Crippen molar-refractivity contribution in [3.8, 4) is 0 Å². The highest BCUT2D eigenvalue weighted by molar-refractivity contribution is 5.81. The van der Waals surface area contributed by atoms with Crippen molar-refractivity contribution in [1.29, 1.82) is 0 Å². The molecule has 1 N–H and O–H groups in total. The number of ketones is 1. The van der Waals surface area contributed by atoms with Crippen LogP contribution in [0.25, 0.3) is 0 Å². The second-order valence-corrected chi connectivity index (χ2v) is 4.08. The summed E-state index contributed by atoms with van der Waals surface area (Å²) in [6.45, 7) is 7.34. The smallest absolute Gasteiger partial charge is 0.222 e. The fourth-order valence-corrected chi connectivity index (χ4v) is 1.11. The molecule has 0 rings (SSSR count). The fraction of sp³-hybridized carbons (Fsp3) is 0.833. The van der Waals surface area contributed by atoms with E-state index in [0.717, 1.165) is 6.42 Å². The largest absolute Gasteiger partial charge is 0.381 e.